The molecule has 0 unspecified atom stereocenters. The zero-order valence-electron chi connectivity index (χ0n) is 22.2. The fourth-order valence-electron chi connectivity index (χ4n) is 4.50. The highest BCUT2D eigenvalue weighted by molar-refractivity contribution is 7.22. The minimum atomic E-state index is -0.984. The van der Waals surface area contributed by atoms with Gasteiger partial charge in [-0.25, -0.2) is 19.7 Å². The predicted octanol–water partition coefficient (Wildman–Crippen LogP) is 5.42. The van der Waals surface area contributed by atoms with E-state index in [1.807, 2.05) is 37.5 Å². The van der Waals surface area contributed by atoms with Crippen LogP contribution in [0.2, 0.25) is 0 Å². The molecule has 1 saturated heterocycles. The number of anilines is 2. The van der Waals surface area contributed by atoms with Crippen molar-refractivity contribution in [1.82, 2.24) is 25.3 Å². The second kappa shape index (κ2) is 10.6. The van der Waals surface area contributed by atoms with E-state index in [0.717, 1.165) is 76.0 Å². The van der Waals surface area contributed by atoms with E-state index < -0.39 is 5.60 Å². The molecule has 0 saturated carbocycles. The molecule has 1 aromatic carbocycles. The first kappa shape index (κ1) is 26.0. The molecular formula is C28H33N7O2S. The van der Waals surface area contributed by atoms with E-state index in [0.29, 0.717) is 11.7 Å². The third-order valence-electron chi connectivity index (χ3n) is 6.83. The number of rotatable bonds is 6. The number of urea groups is 1. The van der Waals surface area contributed by atoms with E-state index in [1.165, 1.54) is 11.3 Å². The van der Waals surface area contributed by atoms with Gasteiger partial charge in [-0.2, -0.15) is 0 Å². The van der Waals surface area contributed by atoms with Crippen molar-refractivity contribution in [3.63, 3.8) is 0 Å². The lowest BCUT2D eigenvalue weighted by Crippen LogP contribution is -2.33. The van der Waals surface area contributed by atoms with Crippen molar-refractivity contribution in [1.29, 1.82) is 0 Å². The second-order valence-corrected chi connectivity index (χ2v) is 11.3. The molecular weight excluding hydrogens is 498 g/mol. The lowest BCUT2D eigenvalue weighted by atomic mass is 9.98. The Morgan fingerprint density at radius 3 is 2.47 bits per heavy atom. The van der Waals surface area contributed by atoms with Crippen LogP contribution in [0.25, 0.3) is 32.6 Å². The van der Waals surface area contributed by atoms with E-state index in [1.54, 1.807) is 20.0 Å². The van der Waals surface area contributed by atoms with Crippen molar-refractivity contribution in [2.45, 2.75) is 46.1 Å². The first-order chi connectivity index (χ1) is 18.2. The number of pyridine rings is 1. The van der Waals surface area contributed by atoms with Gasteiger partial charge in [-0.05, 0) is 63.3 Å². The van der Waals surface area contributed by atoms with Gasteiger partial charge < -0.3 is 15.3 Å². The molecule has 5 rings (SSSR count). The lowest BCUT2D eigenvalue weighted by molar-refractivity contribution is 0.0782. The number of carbonyl (C=O) groups excluding carboxylic acids is 1. The van der Waals surface area contributed by atoms with Gasteiger partial charge in [0, 0.05) is 54.9 Å². The van der Waals surface area contributed by atoms with E-state index >= 15 is 0 Å². The third-order valence-corrected chi connectivity index (χ3v) is 7.85. The maximum Gasteiger partial charge on any atom is 0.321 e. The van der Waals surface area contributed by atoms with Gasteiger partial charge in [-0.3, -0.25) is 10.3 Å². The number of thiazole rings is 1. The van der Waals surface area contributed by atoms with Gasteiger partial charge in [0.05, 0.1) is 21.5 Å². The van der Waals surface area contributed by atoms with Crippen LogP contribution in [0.5, 0.6) is 0 Å². The van der Waals surface area contributed by atoms with Crippen LogP contribution in [0.4, 0.5) is 15.9 Å². The largest absolute Gasteiger partial charge is 0.386 e. The van der Waals surface area contributed by atoms with Gasteiger partial charge in [0.25, 0.3) is 0 Å². The molecule has 3 aromatic heterocycles. The number of carbonyl (C=O) groups is 1. The Labute approximate surface area is 226 Å². The summed E-state index contributed by atoms with van der Waals surface area (Å²) in [6.45, 7) is 10.1. The van der Waals surface area contributed by atoms with Crippen LogP contribution >= 0.6 is 11.3 Å². The van der Waals surface area contributed by atoms with Gasteiger partial charge in [0.1, 0.15) is 0 Å². The molecule has 4 aromatic rings. The molecule has 3 N–H and O–H groups in total. The van der Waals surface area contributed by atoms with E-state index in [2.05, 4.69) is 43.5 Å². The van der Waals surface area contributed by atoms with Crippen LogP contribution in [0.1, 0.15) is 46.1 Å². The molecule has 0 radical (unpaired) electrons. The summed E-state index contributed by atoms with van der Waals surface area (Å²) in [5, 5.41) is 16.4. The highest BCUT2D eigenvalue weighted by Gasteiger charge is 2.20. The number of aliphatic hydroxyl groups is 1. The summed E-state index contributed by atoms with van der Waals surface area (Å²) in [7, 11) is 0. The molecule has 0 aliphatic carbocycles. The Bertz CT molecular complexity index is 1420. The Kier molecular flexibility index (Phi) is 7.27. The Morgan fingerprint density at radius 1 is 1.11 bits per heavy atom. The molecule has 0 spiro atoms. The fraction of sp³-hybridized carbons (Fsp3) is 0.393. The highest BCUT2D eigenvalue weighted by atomic mass is 32.1. The summed E-state index contributed by atoms with van der Waals surface area (Å²) >= 11 is 1.40. The van der Waals surface area contributed by atoms with Crippen molar-refractivity contribution in [2.24, 2.45) is 5.92 Å². The van der Waals surface area contributed by atoms with Crippen molar-refractivity contribution >= 4 is 38.7 Å². The van der Waals surface area contributed by atoms with E-state index in [9.17, 15) is 9.90 Å². The number of nitrogens with one attached hydrogen (secondary N) is 2. The summed E-state index contributed by atoms with van der Waals surface area (Å²) in [5.74, 6) is 1.50. The third kappa shape index (κ3) is 5.61. The summed E-state index contributed by atoms with van der Waals surface area (Å²) in [6.07, 6.45) is 7.72. The summed E-state index contributed by atoms with van der Waals surface area (Å²) in [6, 6.07) is 7.54. The highest BCUT2D eigenvalue weighted by Crippen LogP contribution is 2.38. The molecule has 10 heteroatoms. The van der Waals surface area contributed by atoms with Crippen molar-refractivity contribution < 1.29 is 9.90 Å². The molecule has 0 atom stereocenters. The van der Waals surface area contributed by atoms with Gasteiger partial charge in [-0.15, -0.1) is 0 Å². The summed E-state index contributed by atoms with van der Waals surface area (Å²) in [4.78, 5) is 33.1. The number of benzene rings is 1. The van der Waals surface area contributed by atoms with Gasteiger partial charge in [0.15, 0.2) is 5.13 Å². The maximum absolute atomic E-state index is 12.1. The minimum absolute atomic E-state index is 0.294. The number of amides is 2. The van der Waals surface area contributed by atoms with Crippen LogP contribution in [0.3, 0.4) is 0 Å². The molecule has 4 heterocycles. The Hall–Kier alpha value is -3.63. The Balaban J connectivity index is 1.53. The van der Waals surface area contributed by atoms with Crippen LogP contribution in [0, 0.1) is 5.92 Å². The number of piperidine rings is 1. The van der Waals surface area contributed by atoms with Crippen molar-refractivity contribution in [3.8, 4) is 22.4 Å². The molecule has 198 valence electrons. The van der Waals surface area contributed by atoms with Gasteiger partial charge >= 0.3 is 6.03 Å². The van der Waals surface area contributed by atoms with Crippen LogP contribution in [-0.2, 0) is 5.60 Å². The quantitative estimate of drug-likeness (QED) is 0.304. The molecule has 9 nitrogen and oxygen atoms in total. The Morgan fingerprint density at radius 2 is 1.84 bits per heavy atom. The number of fused-ring (bicyclic) bond motifs is 1. The average Bonchev–Trinajstić information content (AvgIpc) is 3.30. The monoisotopic (exact) mass is 531 g/mol. The smallest absolute Gasteiger partial charge is 0.321 e. The van der Waals surface area contributed by atoms with Crippen molar-refractivity contribution in [3.05, 3.63) is 48.4 Å². The topological polar surface area (TPSA) is 116 Å². The first-order valence-electron chi connectivity index (χ1n) is 13.0. The van der Waals surface area contributed by atoms with Crippen molar-refractivity contribution in [2.75, 3.05) is 29.9 Å². The molecule has 1 fully saturated rings. The SMILES string of the molecule is CCNC(=O)Nc1nc2cc(-c3cnc(N4CCC(C)CC4)nc3)cc(-c3ccc(C(C)(C)O)cn3)c2s1. The number of nitrogens with zero attached hydrogens (tertiary/aromatic N) is 5. The zero-order valence-corrected chi connectivity index (χ0v) is 23.0. The maximum atomic E-state index is 12.1. The van der Waals surface area contributed by atoms with Crippen LogP contribution in [-0.4, -0.2) is 50.7 Å². The molecule has 38 heavy (non-hydrogen) atoms. The number of hydrogen-bond donors (Lipinski definition) is 3. The van der Waals surface area contributed by atoms with Gasteiger partial charge in [-0.1, -0.05) is 24.3 Å². The van der Waals surface area contributed by atoms with Crippen LogP contribution in [0.15, 0.2) is 42.9 Å². The molecule has 1 aliphatic heterocycles. The number of aromatic nitrogens is 4. The lowest BCUT2D eigenvalue weighted by Gasteiger charge is -2.30. The van der Waals surface area contributed by atoms with E-state index in [-0.39, 0.29) is 6.03 Å². The fourth-order valence-corrected chi connectivity index (χ4v) is 5.47. The molecule has 1 aliphatic rings. The average molecular weight is 532 g/mol. The summed E-state index contributed by atoms with van der Waals surface area (Å²) in [5.41, 5.74) is 3.91. The first-order valence-corrected chi connectivity index (χ1v) is 13.8. The standard InChI is InChI=1S/C28H33N7O2S/c1-5-29-26(36)34-27-33-23-13-18(19-14-31-25(32-15-19)35-10-8-17(2)9-11-35)12-21(24(23)38-27)22-7-6-20(16-30-22)28(3,4)37/h6-7,12-17,37H,5,8-11H2,1-4H3,(H2,29,33,34,36). The second-order valence-electron chi connectivity index (χ2n) is 10.3. The summed E-state index contributed by atoms with van der Waals surface area (Å²) < 4.78 is 0.907. The normalized spacial score (nSPS) is 14.6. The minimum Gasteiger partial charge on any atom is -0.386 e. The molecule has 0 bridgehead atoms. The number of hydrogen-bond acceptors (Lipinski definition) is 8. The molecule has 2 amide bonds. The van der Waals surface area contributed by atoms with Gasteiger partial charge in [0.2, 0.25) is 5.95 Å². The van der Waals surface area contributed by atoms with E-state index in [4.69, 9.17) is 4.98 Å². The zero-order chi connectivity index (χ0) is 26.9. The van der Waals surface area contributed by atoms with Crippen LogP contribution < -0.4 is 15.5 Å². The predicted molar refractivity (Wildman–Crippen MR) is 152 cm³/mol.